The van der Waals surface area contributed by atoms with Gasteiger partial charge in [-0.15, -0.1) is 5.10 Å². The predicted molar refractivity (Wildman–Crippen MR) is 73.5 cm³/mol. The van der Waals surface area contributed by atoms with E-state index >= 15 is 0 Å². The number of rotatable bonds is 5. The number of hydrogen-bond acceptors (Lipinski definition) is 4. The van der Waals surface area contributed by atoms with Crippen LogP contribution in [0.3, 0.4) is 0 Å². The molecule has 0 aliphatic carbocycles. The molecule has 2 aromatic rings. The second-order valence-electron chi connectivity index (χ2n) is 4.16. The minimum Gasteiger partial charge on any atom is -0.496 e. The number of halogens is 1. The average molecular weight is 296 g/mol. The van der Waals surface area contributed by atoms with Crippen LogP contribution in [-0.4, -0.2) is 33.2 Å². The molecule has 1 N–H and O–H groups in total. The summed E-state index contributed by atoms with van der Waals surface area (Å²) in [6.45, 7) is 2.21. The topological polar surface area (TPSA) is 77.2 Å². The molecule has 0 atom stereocenters. The molecule has 0 bridgehead atoms. The summed E-state index contributed by atoms with van der Waals surface area (Å²) in [5, 5.41) is 17.2. The molecular formula is C13H14ClN3O3. The van der Waals surface area contributed by atoms with E-state index in [1.165, 1.54) is 0 Å². The maximum absolute atomic E-state index is 11.1. The smallest absolute Gasteiger partial charge is 0.358 e. The van der Waals surface area contributed by atoms with Gasteiger partial charge in [0.15, 0.2) is 5.69 Å². The number of carboxylic acids is 1. The molecular weight excluding hydrogens is 282 g/mol. The molecule has 1 heterocycles. The Bertz CT molecular complexity index is 640. The number of carboxylic acid groups (broad SMARTS) is 1. The molecule has 1 aromatic heterocycles. The third-order valence-corrected chi connectivity index (χ3v) is 3.17. The Labute approximate surface area is 120 Å². The molecule has 0 aliphatic rings. The van der Waals surface area contributed by atoms with E-state index in [9.17, 15) is 4.79 Å². The van der Waals surface area contributed by atoms with Crippen LogP contribution in [-0.2, 0) is 13.0 Å². The fraction of sp³-hybridized carbons (Fsp3) is 0.308. The number of carbonyl (C=O) groups is 1. The van der Waals surface area contributed by atoms with E-state index in [1.54, 1.807) is 30.0 Å². The zero-order valence-electron chi connectivity index (χ0n) is 11.1. The van der Waals surface area contributed by atoms with Gasteiger partial charge < -0.3 is 9.84 Å². The number of ether oxygens (including phenoxy) is 1. The molecule has 0 saturated heterocycles. The number of aromatic carboxylic acids is 1. The summed E-state index contributed by atoms with van der Waals surface area (Å²) in [6, 6.07) is 5.26. The number of benzene rings is 1. The van der Waals surface area contributed by atoms with Gasteiger partial charge in [0.25, 0.3) is 0 Å². The van der Waals surface area contributed by atoms with E-state index in [2.05, 4.69) is 10.3 Å². The molecule has 1 aromatic carbocycles. The van der Waals surface area contributed by atoms with Crippen molar-refractivity contribution >= 4 is 17.6 Å². The summed E-state index contributed by atoms with van der Waals surface area (Å²) in [5.74, 6) is -0.407. The molecule has 6 nitrogen and oxygen atoms in total. The van der Waals surface area contributed by atoms with Gasteiger partial charge in [0, 0.05) is 10.6 Å². The Morgan fingerprint density at radius 3 is 2.85 bits per heavy atom. The lowest BCUT2D eigenvalue weighted by Crippen LogP contribution is -2.09. The van der Waals surface area contributed by atoms with Crippen molar-refractivity contribution in [1.82, 2.24) is 15.0 Å². The van der Waals surface area contributed by atoms with Gasteiger partial charge in [-0.3, -0.25) is 0 Å². The lowest BCUT2D eigenvalue weighted by molar-refractivity contribution is 0.0689. The summed E-state index contributed by atoms with van der Waals surface area (Å²) in [4.78, 5) is 11.1. The minimum atomic E-state index is -1.08. The highest BCUT2D eigenvalue weighted by Crippen LogP contribution is 2.24. The molecule has 0 amide bonds. The van der Waals surface area contributed by atoms with Crippen molar-refractivity contribution in [1.29, 1.82) is 0 Å². The number of methoxy groups -OCH3 is 1. The van der Waals surface area contributed by atoms with Crippen molar-refractivity contribution in [3.05, 3.63) is 40.2 Å². The van der Waals surface area contributed by atoms with Crippen LogP contribution in [0.15, 0.2) is 18.2 Å². The van der Waals surface area contributed by atoms with Gasteiger partial charge in [0.2, 0.25) is 0 Å². The van der Waals surface area contributed by atoms with Gasteiger partial charge >= 0.3 is 5.97 Å². The molecule has 20 heavy (non-hydrogen) atoms. The van der Waals surface area contributed by atoms with Crippen LogP contribution < -0.4 is 4.74 Å². The standard InChI is InChI=1S/C13H14ClN3O3/c1-3-10-12(13(18)19)15-16-17(10)7-8-6-9(14)4-5-11(8)20-2/h4-6H,3,7H2,1-2H3,(H,18,19). The van der Waals surface area contributed by atoms with Crippen LogP contribution in [0, 0.1) is 0 Å². The minimum absolute atomic E-state index is 0.0199. The van der Waals surface area contributed by atoms with Gasteiger partial charge in [-0.25, -0.2) is 9.48 Å². The Morgan fingerprint density at radius 2 is 2.25 bits per heavy atom. The molecule has 0 aliphatic heterocycles. The lowest BCUT2D eigenvalue weighted by atomic mass is 10.2. The largest absolute Gasteiger partial charge is 0.496 e. The van der Waals surface area contributed by atoms with Crippen molar-refractivity contribution in [2.45, 2.75) is 19.9 Å². The summed E-state index contributed by atoms with van der Waals surface area (Å²) in [5.41, 5.74) is 1.37. The van der Waals surface area contributed by atoms with Gasteiger partial charge in [-0.2, -0.15) is 0 Å². The second kappa shape index (κ2) is 5.92. The van der Waals surface area contributed by atoms with Crippen LogP contribution in [0.1, 0.15) is 28.7 Å². The third kappa shape index (κ3) is 2.75. The molecule has 0 spiro atoms. The molecule has 0 radical (unpaired) electrons. The van der Waals surface area contributed by atoms with Crippen molar-refractivity contribution in [3.8, 4) is 5.75 Å². The van der Waals surface area contributed by atoms with Crippen LogP contribution in [0.2, 0.25) is 5.02 Å². The van der Waals surface area contributed by atoms with Crippen LogP contribution in [0.4, 0.5) is 0 Å². The van der Waals surface area contributed by atoms with E-state index < -0.39 is 5.97 Å². The number of nitrogens with zero attached hydrogens (tertiary/aromatic N) is 3. The summed E-state index contributed by atoms with van der Waals surface area (Å²) in [7, 11) is 1.57. The van der Waals surface area contributed by atoms with Gasteiger partial charge in [-0.05, 0) is 24.6 Å². The lowest BCUT2D eigenvalue weighted by Gasteiger charge is -2.10. The first-order valence-corrected chi connectivity index (χ1v) is 6.42. The van der Waals surface area contributed by atoms with Gasteiger partial charge in [-0.1, -0.05) is 23.7 Å². The van der Waals surface area contributed by atoms with E-state index in [1.807, 2.05) is 6.92 Å². The monoisotopic (exact) mass is 295 g/mol. The number of aromatic nitrogens is 3. The van der Waals surface area contributed by atoms with E-state index in [4.69, 9.17) is 21.4 Å². The maximum Gasteiger partial charge on any atom is 0.358 e. The highest BCUT2D eigenvalue weighted by atomic mass is 35.5. The first-order chi connectivity index (χ1) is 9.56. The zero-order chi connectivity index (χ0) is 14.7. The maximum atomic E-state index is 11.1. The van der Waals surface area contributed by atoms with E-state index in [0.29, 0.717) is 29.4 Å². The Balaban J connectivity index is 2.40. The van der Waals surface area contributed by atoms with Gasteiger partial charge in [0.05, 0.1) is 19.3 Å². The van der Waals surface area contributed by atoms with Crippen molar-refractivity contribution in [2.75, 3.05) is 7.11 Å². The predicted octanol–water partition coefficient (Wildman–Crippen LogP) is 2.25. The van der Waals surface area contributed by atoms with E-state index in [0.717, 1.165) is 5.56 Å². The van der Waals surface area contributed by atoms with Crippen LogP contribution >= 0.6 is 11.6 Å². The summed E-state index contributed by atoms with van der Waals surface area (Å²) < 4.78 is 6.82. The van der Waals surface area contributed by atoms with Crippen molar-refractivity contribution < 1.29 is 14.6 Å². The fourth-order valence-electron chi connectivity index (χ4n) is 2.01. The quantitative estimate of drug-likeness (QED) is 0.915. The molecule has 7 heteroatoms. The third-order valence-electron chi connectivity index (χ3n) is 2.94. The molecule has 0 fully saturated rings. The molecule has 0 saturated carbocycles. The van der Waals surface area contributed by atoms with Crippen LogP contribution in [0.5, 0.6) is 5.75 Å². The second-order valence-corrected chi connectivity index (χ2v) is 4.59. The first-order valence-electron chi connectivity index (χ1n) is 6.04. The van der Waals surface area contributed by atoms with Gasteiger partial charge in [0.1, 0.15) is 5.75 Å². The fourth-order valence-corrected chi connectivity index (χ4v) is 2.20. The van der Waals surface area contributed by atoms with Crippen molar-refractivity contribution in [2.24, 2.45) is 0 Å². The Kier molecular flexibility index (Phi) is 4.24. The molecule has 106 valence electrons. The normalized spacial score (nSPS) is 10.6. The van der Waals surface area contributed by atoms with E-state index in [-0.39, 0.29) is 5.69 Å². The first kappa shape index (κ1) is 14.3. The average Bonchev–Trinajstić information content (AvgIpc) is 2.82. The number of hydrogen-bond donors (Lipinski definition) is 1. The molecule has 2 rings (SSSR count). The Morgan fingerprint density at radius 1 is 1.50 bits per heavy atom. The summed E-state index contributed by atoms with van der Waals surface area (Å²) >= 11 is 5.97. The van der Waals surface area contributed by atoms with Crippen molar-refractivity contribution in [3.63, 3.8) is 0 Å². The zero-order valence-corrected chi connectivity index (χ0v) is 11.9. The highest BCUT2D eigenvalue weighted by Gasteiger charge is 2.18. The molecule has 0 unspecified atom stereocenters. The SMILES string of the molecule is CCc1c(C(=O)O)nnn1Cc1cc(Cl)ccc1OC. The Hall–Kier alpha value is -2.08. The van der Waals surface area contributed by atoms with Crippen LogP contribution in [0.25, 0.3) is 0 Å². The highest BCUT2D eigenvalue weighted by molar-refractivity contribution is 6.30. The summed E-state index contributed by atoms with van der Waals surface area (Å²) in [6.07, 6.45) is 0.525.